The molecule has 1 fully saturated rings. The van der Waals surface area contributed by atoms with E-state index in [0.717, 1.165) is 6.73 Å². The Morgan fingerprint density at radius 2 is 1.82 bits per heavy atom. The van der Waals surface area contributed by atoms with Crippen LogP contribution in [0.25, 0.3) is 0 Å². The molecule has 0 spiro atoms. The normalized spacial score (nSPS) is 21.3. The lowest BCUT2D eigenvalue weighted by atomic mass is 10.4. The van der Waals surface area contributed by atoms with Gasteiger partial charge in [0, 0.05) is 20.0 Å². The van der Waals surface area contributed by atoms with E-state index in [1.165, 1.54) is 37.0 Å². The van der Waals surface area contributed by atoms with Crippen LogP contribution in [-0.4, -0.2) is 38.0 Å². The van der Waals surface area contributed by atoms with Crippen LogP contribution >= 0.6 is 0 Å². The van der Waals surface area contributed by atoms with Crippen molar-refractivity contribution < 1.29 is 21.6 Å². The maximum Gasteiger partial charge on any atom is 0.182 e. The molecule has 0 atom stereocenters. The molecule has 2 nitrogen and oxygen atoms in total. The predicted molar refractivity (Wildman–Crippen MR) is 41.6 cm³/mol. The first-order valence-corrected chi connectivity index (χ1v) is 4.17. The van der Waals surface area contributed by atoms with E-state index in [9.17, 15) is 0 Å². The van der Waals surface area contributed by atoms with Gasteiger partial charge < -0.3 is 21.6 Å². The van der Waals surface area contributed by atoms with Crippen LogP contribution < -0.4 is 12.4 Å². The van der Waals surface area contributed by atoms with Crippen molar-refractivity contribution in [2.24, 2.45) is 0 Å². The molecule has 0 N–H and O–H groups in total. The number of methoxy groups -OCH3 is 1. The minimum atomic E-state index is 0. The molecular weight excluding hydrogens is 162 g/mol. The first-order chi connectivity index (χ1) is 4.83. The molecule has 0 radical (unpaired) electrons. The number of ether oxygens (including phenoxy) is 1. The molecule has 0 aromatic heterocycles. The molecular formula is C8H18ClNO. The number of likely N-dealkylation sites (tertiary alicyclic amines) is 1. The molecule has 0 bridgehead atoms. The van der Waals surface area contributed by atoms with Crippen molar-refractivity contribution in [3.05, 3.63) is 0 Å². The van der Waals surface area contributed by atoms with E-state index >= 15 is 0 Å². The van der Waals surface area contributed by atoms with E-state index in [2.05, 4.69) is 6.92 Å². The molecule has 1 aliphatic heterocycles. The SMILES string of the molecule is CC[N+]1(COC)CCCC1.[Cl-]. The van der Waals surface area contributed by atoms with Crippen LogP contribution in [0.2, 0.25) is 0 Å². The fraction of sp³-hybridized carbons (Fsp3) is 1.00. The van der Waals surface area contributed by atoms with E-state index in [1.54, 1.807) is 7.11 Å². The zero-order chi connectivity index (χ0) is 7.45. The summed E-state index contributed by atoms with van der Waals surface area (Å²) in [5, 5.41) is 0. The minimum Gasteiger partial charge on any atom is -1.00 e. The maximum absolute atomic E-state index is 5.19. The molecule has 1 saturated heterocycles. The van der Waals surface area contributed by atoms with E-state index in [0.29, 0.717) is 0 Å². The standard InChI is InChI=1S/C8H18NO.ClH/c1-3-9(8-10-2)6-4-5-7-9;/h3-8H2,1-2H3;1H/q+1;/p-1. The van der Waals surface area contributed by atoms with Crippen LogP contribution in [0, 0.1) is 0 Å². The van der Waals surface area contributed by atoms with Gasteiger partial charge in [-0.05, 0) is 6.92 Å². The minimum absolute atomic E-state index is 0. The second-order valence-corrected chi connectivity index (χ2v) is 3.23. The molecule has 11 heavy (non-hydrogen) atoms. The molecule has 1 aliphatic rings. The highest BCUT2D eigenvalue weighted by Gasteiger charge is 2.29. The third kappa shape index (κ3) is 2.62. The summed E-state index contributed by atoms with van der Waals surface area (Å²) in [5.41, 5.74) is 0. The van der Waals surface area contributed by atoms with Gasteiger partial charge in [0.05, 0.1) is 19.6 Å². The zero-order valence-corrected chi connectivity index (χ0v) is 8.23. The number of nitrogens with zero attached hydrogens (tertiary/aromatic N) is 1. The van der Waals surface area contributed by atoms with Gasteiger partial charge in [-0.25, -0.2) is 0 Å². The Kier molecular flexibility index (Phi) is 5.06. The molecule has 1 rings (SSSR count). The molecule has 0 unspecified atom stereocenters. The summed E-state index contributed by atoms with van der Waals surface area (Å²) >= 11 is 0. The lowest BCUT2D eigenvalue weighted by Crippen LogP contribution is -3.00. The largest absolute Gasteiger partial charge is 1.00 e. The van der Waals surface area contributed by atoms with Gasteiger partial charge in [-0.15, -0.1) is 0 Å². The molecule has 0 amide bonds. The van der Waals surface area contributed by atoms with Crippen LogP contribution in [0.5, 0.6) is 0 Å². The fourth-order valence-corrected chi connectivity index (χ4v) is 1.82. The summed E-state index contributed by atoms with van der Waals surface area (Å²) in [6.07, 6.45) is 2.77. The van der Waals surface area contributed by atoms with Gasteiger partial charge in [-0.3, -0.25) is 0 Å². The highest BCUT2D eigenvalue weighted by Crippen LogP contribution is 2.18. The molecule has 1 heterocycles. The van der Waals surface area contributed by atoms with Gasteiger partial charge >= 0.3 is 0 Å². The molecule has 0 aromatic rings. The van der Waals surface area contributed by atoms with Crippen LogP contribution in [0.3, 0.4) is 0 Å². The van der Waals surface area contributed by atoms with E-state index < -0.39 is 0 Å². The van der Waals surface area contributed by atoms with Crippen molar-refractivity contribution in [3.63, 3.8) is 0 Å². The van der Waals surface area contributed by atoms with Crippen molar-refractivity contribution in [3.8, 4) is 0 Å². The number of rotatable bonds is 3. The molecule has 0 saturated carbocycles. The predicted octanol–water partition coefficient (Wildman–Crippen LogP) is -1.78. The molecule has 3 heteroatoms. The molecule has 0 aromatic carbocycles. The number of halogens is 1. The third-order valence-electron chi connectivity index (χ3n) is 2.59. The Morgan fingerprint density at radius 3 is 2.18 bits per heavy atom. The zero-order valence-electron chi connectivity index (χ0n) is 7.48. The van der Waals surface area contributed by atoms with Gasteiger partial charge in [-0.2, -0.15) is 0 Å². The Balaban J connectivity index is 0.000001000. The average molecular weight is 180 g/mol. The van der Waals surface area contributed by atoms with Gasteiger partial charge in [0.15, 0.2) is 6.73 Å². The van der Waals surface area contributed by atoms with Crippen LogP contribution in [0.1, 0.15) is 19.8 Å². The van der Waals surface area contributed by atoms with Gasteiger partial charge in [-0.1, -0.05) is 0 Å². The van der Waals surface area contributed by atoms with Gasteiger partial charge in [0.2, 0.25) is 0 Å². The number of hydrogen-bond donors (Lipinski definition) is 0. The van der Waals surface area contributed by atoms with Crippen LogP contribution in [-0.2, 0) is 4.74 Å². The highest BCUT2D eigenvalue weighted by molar-refractivity contribution is 4.50. The Bertz CT molecular complexity index is 102. The summed E-state index contributed by atoms with van der Waals surface area (Å²) in [5.74, 6) is 0. The second-order valence-electron chi connectivity index (χ2n) is 3.23. The highest BCUT2D eigenvalue weighted by atomic mass is 35.5. The summed E-state index contributed by atoms with van der Waals surface area (Å²) in [6, 6.07) is 0. The lowest BCUT2D eigenvalue weighted by Gasteiger charge is -2.31. The monoisotopic (exact) mass is 179 g/mol. The van der Waals surface area contributed by atoms with Crippen molar-refractivity contribution in [1.29, 1.82) is 0 Å². The topological polar surface area (TPSA) is 9.23 Å². The Hall–Kier alpha value is 0.210. The van der Waals surface area contributed by atoms with Crippen molar-refractivity contribution in [2.45, 2.75) is 19.8 Å². The van der Waals surface area contributed by atoms with E-state index in [1.807, 2.05) is 0 Å². The average Bonchev–Trinajstić information content (AvgIpc) is 2.39. The Labute approximate surface area is 75.5 Å². The van der Waals surface area contributed by atoms with Crippen LogP contribution in [0.4, 0.5) is 0 Å². The first kappa shape index (κ1) is 11.2. The Morgan fingerprint density at radius 1 is 1.27 bits per heavy atom. The summed E-state index contributed by atoms with van der Waals surface area (Å²) < 4.78 is 6.38. The van der Waals surface area contributed by atoms with E-state index in [4.69, 9.17) is 4.74 Å². The lowest BCUT2D eigenvalue weighted by molar-refractivity contribution is -0.932. The summed E-state index contributed by atoms with van der Waals surface area (Å²) in [6.45, 7) is 7.04. The van der Waals surface area contributed by atoms with E-state index in [-0.39, 0.29) is 12.4 Å². The summed E-state index contributed by atoms with van der Waals surface area (Å²) in [4.78, 5) is 0. The second kappa shape index (κ2) is 4.96. The van der Waals surface area contributed by atoms with Crippen molar-refractivity contribution >= 4 is 0 Å². The molecule has 0 aliphatic carbocycles. The number of quaternary nitrogens is 1. The molecule has 68 valence electrons. The maximum atomic E-state index is 5.19. The van der Waals surface area contributed by atoms with Gasteiger partial charge in [0.1, 0.15) is 0 Å². The fourth-order valence-electron chi connectivity index (χ4n) is 1.82. The number of hydrogen-bond acceptors (Lipinski definition) is 1. The quantitative estimate of drug-likeness (QED) is 0.466. The van der Waals surface area contributed by atoms with Crippen molar-refractivity contribution in [1.82, 2.24) is 0 Å². The smallest absolute Gasteiger partial charge is 0.182 e. The first-order valence-electron chi connectivity index (χ1n) is 4.17. The van der Waals surface area contributed by atoms with Gasteiger partial charge in [0.25, 0.3) is 0 Å². The van der Waals surface area contributed by atoms with Crippen LogP contribution in [0.15, 0.2) is 0 Å². The third-order valence-corrected chi connectivity index (χ3v) is 2.59. The van der Waals surface area contributed by atoms with Crippen molar-refractivity contribution in [2.75, 3.05) is 33.5 Å². The summed E-state index contributed by atoms with van der Waals surface area (Å²) in [7, 11) is 1.80.